The van der Waals surface area contributed by atoms with Crippen molar-refractivity contribution in [2.45, 2.75) is 38.6 Å². The topological polar surface area (TPSA) is 98.2 Å². The van der Waals surface area contributed by atoms with Gasteiger partial charge in [0.1, 0.15) is 24.2 Å². The number of Topliss-reactive ketones (excluding diaryl/α,β-unsaturated/α-hetero) is 1. The number of hydrogen-bond acceptors (Lipinski definition) is 7. The van der Waals surface area contributed by atoms with E-state index in [9.17, 15) is 14.7 Å². The van der Waals surface area contributed by atoms with Crippen molar-refractivity contribution in [2.75, 3.05) is 7.11 Å². The lowest BCUT2D eigenvalue weighted by Gasteiger charge is -2.26. The van der Waals surface area contributed by atoms with Crippen LogP contribution in [0.3, 0.4) is 0 Å². The summed E-state index contributed by atoms with van der Waals surface area (Å²) >= 11 is 0. The molecule has 1 N–H and O–H groups in total. The molecule has 0 radical (unpaired) electrons. The fourth-order valence-corrected chi connectivity index (χ4v) is 5.51. The number of carbonyl (C=O) groups is 2. The maximum absolute atomic E-state index is 13.6. The van der Waals surface area contributed by atoms with Gasteiger partial charge in [0.15, 0.2) is 11.5 Å². The molecule has 0 bridgehead atoms. The van der Waals surface area contributed by atoms with Gasteiger partial charge in [-0.25, -0.2) is 0 Å². The first-order valence-corrected chi connectivity index (χ1v) is 13.7. The highest BCUT2D eigenvalue weighted by Gasteiger charge is 2.46. The maximum atomic E-state index is 13.6. The number of ether oxygens (including phenoxy) is 3. The zero-order valence-corrected chi connectivity index (χ0v) is 23.3. The maximum Gasteiger partial charge on any atom is 0.295 e. The fraction of sp³-hybridized carbons (Fsp3) is 0.206. The number of rotatable bonds is 8. The highest BCUT2D eigenvalue weighted by atomic mass is 16.5. The van der Waals surface area contributed by atoms with Gasteiger partial charge in [0.2, 0.25) is 0 Å². The van der Waals surface area contributed by atoms with Crippen LogP contribution < -0.4 is 14.2 Å². The second-order valence-corrected chi connectivity index (χ2v) is 10.4. The first-order valence-electron chi connectivity index (χ1n) is 13.7. The summed E-state index contributed by atoms with van der Waals surface area (Å²) in [5.74, 6) is 0.0382. The number of methoxy groups -OCH3 is 1. The Bertz CT molecular complexity index is 1670. The molecule has 2 atom stereocenters. The van der Waals surface area contributed by atoms with Crippen LogP contribution >= 0.6 is 0 Å². The van der Waals surface area contributed by atoms with Gasteiger partial charge in [-0.05, 0) is 71.6 Å². The van der Waals surface area contributed by atoms with Crippen molar-refractivity contribution in [3.63, 3.8) is 0 Å². The molecule has 212 valence electrons. The molecule has 3 heterocycles. The molecule has 0 aliphatic carbocycles. The standard InChI is InChI=1S/C34H30N2O6/c1-21-16-26-17-25(9-10-27(26)42-21)32(37)30-31(36(34(39)33(30)38)19-22-12-14-35-15-13-22)24-8-11-28(29(18-24)40-2)41-20-23-6-4-3-5-7-23/h3-15,17-18,21,31,37H,16,19-20H2,1-2H3/t21-,31+/m0/s1. The molecule has 1 aromatic heterocycles. The van der Waals surface area contributed by atoms with Crippen LogP contribution in [-0.4, -0.2) is 39.9 Å². The molecule has 2 aliphatic rings. The predicted molar refractivity (Wildman–Crippen MR) is 156 cm³/mol. The van der Waals surface area contributed by atoms with Crippen molar-refractivity contribution in [3.8, 4) is 17.2 Å². The van der Waals surface area contributed by atoms with Crippen molar-refractivity contribution in [1.29, 1.82) is 0 Å². The minimum atomic E-state index is -0.862. The van der Waals surface area contributed by atoms with Crippen molar-refractivity contribution in [2.24, 2.45) is 0 Å². The van der Waals surface area contributed by atoms with E-state index in [4.69, 9.17) is 14.2 Å². The average Bonchev–Trinajstić information content (AvgIpc) is 3.51. The molecule has 0 saturated carbocycles. The third kappa shape index (κ3) is 5.19. The Hall–Kier alpha value is -5.11. The summed E-state index contributed by atoms with van der Waals surface area (Å²) in [5.41, 5.74) is 3.82. The van der Waals surface area contributed by atoms with E-state index in [1.54, 1.807) is 54.9 Å². The Morgan fingerprint density at radius 1 is 0.976 bits per heavy atom. The van der Waals surface area contributed by atoms with Gasteiger partial charge in [-0.2, -0.15) is 0 Å². The highest BCUT2D eigenvalue weighted by molar-refractivity contribution is 6.46. The van der Waals surface area contributed by atoms with E-state index in [1.165, 1.54) is 12.0 Å². The van der Waals surface area contributed by atoms with E-state index in [2.05, 4.69) is 4.98 Å². The molecule has 3 aromatic carbocycles. The second kappa shape index (κ2) is 11.4. The number of fused-ring (bicyclic) bond motifs is 1. The first kappa shape index (κ1) is 27.1. The number of carbonyl (C=O) groups excluding carboxylic acids is 2. The number of benzene rings is 3. The monoisotopic (exact) mass is 562 g/mol. The number of amides is 1. The highest BCUT2D eigenvalue weighted by Crippen LogP contribution is 2.43. The van der Waals surface area contributed by atoms with Gasteiger partial charge in [0, 0.05) is 30.9 Å². The van der Waals surface area contributed by atoms with Gasteiger partial charge in [0.05, 0.1) is 18.7 Å². The third-order valence-electron chi connectivity index (χ3n) is 7.55. The quantitative estimate of drug-likeness (QED) is 0.169. The summed E-state index contributed by atoms with van der Waals surface area (Å²) in [6, 6.07) is 23.1. The molecule has 1 saturated heterocycles. The van der Waals surface area contributed by atoms with Crippen molar-refractivity contribution in [3.05, 3.63) is 125 Å². The number of ketones is 1. The summed E-state index contributed by atoms with van der Waals surface area (Å²) < 4.78 is 17.5. The van der Waals surface area contributed by atoms with E-state index in [0.717, 1.165) is 22.4 Å². The molecule has 2 aliphatic heterocycles. The molecule has 8 heteroatoms. The van der Waals surface area contributed by atoms with Crippen LogP contribution in [0, 0.1) is 0 Å². The zero-order chi connectivity index (χ0) is 29.2. The fourth-order valence-electron chi connectivity index (χ4n) is 5.51. The molecule has 4 aromatic rings. The van der Waals surface area contributed by atoms with Crippen LogP contribution in [0.25, 0.3) is 5.76 Å². The van der Waals surface area contributed by atoms with Crippen molar-refractivity contribution in [1.82, 2.24) is 9.88 Å². The molecule has 0 spiro atoms. The summed E-state index contributed by atoms with van der Waals surface area (Å²) in [6.07, 6.45) is 3.99. The van der Waals surface area contributed by atoms with Crippen molar-refractivity contribution >= 4 is 17.4 Å². The largest absolute Gasteiger partial charge is 0.507 e. The number of aromatic nitrogens is 1. The Labute approximate surface area is 243 Å². The van der Waals surface area contributed by atoms with E-state index in [1.807, 2.05) is 43.3 Å². The molecule has 6 rings (SSSR count). The van der Waals surface area contributed by atoms with Crippen LogP contribution in [0.1, 0.15) is 40.8 Å². The number of aliphatic hydroxyl groups is 1. The average molecular weight is 563 g/mol. The minimum absolute atomic E-state index is 0.0148. The smallest absolute Gasteiger partial charge is 0.295 e. The predicted octanol–water partition coefficient (Wildman–Crippen LogP) is 5.61. The molecular formula is C34H30N2O6. The number of aliphatic hydroxyl groups excluding tert-OH is 1. The van der Waals surface area contributed by atoms with E-state index in [0.29, 0.717) is 35.7 Å². The van der Waals surface area contributed by atoms with Gasteiger partial charge in [-0.3, -0.25) is 14.6 Å². The molecule has 1 fully saturated rings. The molecule has 0 unspecified atom stereocenters. The van der Waals surface area contributed by atoms with Gasteiger partial charge >= 0.3 is 0 Å². The summed E-state index contributed by atoms with van der Waals surface area (Å²) in [7, 11) is 1.54. The Kier molecular flexibility index (Phi) is 7.35. The summed E-state index contributed by atoms with van der Waals surface area (Å²) in [5, 5.41) is 11.6. The SMILES string of the molecule is COc1cc([C@@H]2C(=C(O)c3ccc4c(c3)C[C@H](C)O4)C(=O)C(=O)N2Cc2ccncc2)ccc1OCc1ccccc1. The number of nitrogens with zero attached hydrogens (tertiary/aromatic N) is 2. The van der Waals surface area contributed by atoms with E-state index < -0.39 is 17.7 Å². The van der Waals surface area contributed by atoms with E-state index in [-0.39, 0.29) is 24.0 Å². The Balaban J connectivity index is 1.41. The molecular weight excluding hydrogens is 532 g/mol. The molecule has 1 amide bonds. The summed E-state index contributed by atoms with van der Waals surface area (Å²) in [6.45, 7) is 2.47. The minimum Gasteiger partial charge on any atom is -0.507 e. The van der Waals surface area contributed by atoms with Crippen LogP contribution in [-0.2, 0) is 29.2 Å². The zero-order valence-electron chi connectivity index (χ0n) is 23.3. The second-order valence-electron chi connectivity index (χ2n) is 10.4. The van der Waals surface area contributed by atoms with Crippen molar-refractivity contribution < 1.29 is 28.9 Å². The Morgan fingerprint density at radius 2 is 1.76 bits per heavy atom. The normalized spacial score (nSPS) is 19.0. The first-order chi connectivity index (χ1) is 20.4. The van der Waals surface area contributed by atoms with Gasteiger partial charge in [0.25, 0.3) is 11.7 Å². The van der Waals surface area contributed by atoms with Crippen LogP contribution in [0.2, 0.25) is 0 Å². The molecule has 8 nitrogen and oxygen atoms in total. The Morgan fingerprint density at radius 3 is 2.52 bits per heavy atom. The van der Waals surface area contributed by atoms with Crippen LogP contribution in [0.15, 0.2) is 96.8 Å². The number of pyridine rings is 1. The third-order valence-corrected chi connectivity index (χ3v) is 7.55. The lowest BCUT2D eigenvalue weighted by molar-refractivity contribution is -0.140. The number of hydrogen-bond donors (Lipinski definition) is 1. The van der Waals surface area contributed by atoms with Crippen LogP contribution in [0.4, 0.5) is 0 Å². The van der Waals surface area contributed by atoms with Crippen LogP contribution in [0.5, 0.6) is 17.2 Å². The van der Waals surface area contributed by atoms with Gasteiger partial charge in [-0.15, -0.1) is 0 Å². The van der Waals surface area contributed by atoms with E-state index >= 15 is 0 Å². The summed E-state index contributed by atoms with van der Waals surface area (Å²) in [4.78, 5) is 32.6. The lowest BCUT2D eigenvalue weighted by Crippen LogP contribution is -2.29. The van der Waals surface area contributed by atoms with Gasteiger partial charge in [-0.1, -0.05) is 36.4 Å². The number of likely N-dealkylation sites (tertiary alicyclic amines) is 1. The molecule has 42 heavy (non-hydrogen) atoms. The van der Waals surface area contributed by atoms with Gasteiger partial charge < -0.3 is 24.2 Å². The lowest BCUT2D eigenvalue weighted by atomic mass is 9.94.